The van der Waals surface area contributed by atoms with Gasteiger partial charge in [-0.15, -0.1) is 10.2 Å². The highest BCUT2D eigenvalue weighted by molar-refractivity contribution is 7.99. The molecule has 1 amide bonds. The molecule has 3 aromatic rings. The molecule has 8 heteroatoms. The number of hydrogen-bond donors (Lipinski definition) is 1. The lowest BCUT2D eigenvalue weighted by Crippen LogP contribution is -2.26. The van der Waals surface area contributed by atoms with Gasteiger partial charge in [0, 0.05) is 41.3 Å². The van der Waals surface area contributed by atoms with Crippen LogP contribution >= 0.6 is 11.8 Å². The minimum absolute atomic E-state index is 0.0276. The number of ketones is 1. The molecule has 0 unspecified atom stereocenters. The zero-order chi connectivity index (χ0) is 23.5. The van der Waals surface area contributed by atoms with Crippen molar-refractivity contribution >= 4 is 23.5 Å². The van der Waals surface area contributed by atoms with Crippen molar-refractivity contribution in [3.63, 3.8) is 0 Å². The van der Waals surface area contributed by atoms with Crippen LogP contribution in [0, 0.1) is 0 Å². The molecule has 1 N–H and O–H groups in total. The number of hydrogen-bond acceptors (Lipinski definition) is 6. The predicted octanol–water partition coefficient (Wildman–Crippen LogP) is 4.66. The molecule has 2 aromatic heterocycles. The van der Waals surface area contributed by atoms with Crippen molar-refractivity contribution in [2.75, 3.05) is 5.75 Å². The molecular formula is C26H25N5O2S. The maximum absolute atomic E-state index is 12.9. The summed E-state index contributed by atoms with van der Waals surface area (Å²) in [6.07, 6.45) is 8.32. The largest absolute Gasteiger partial charge is 0.328 e. The summed E-state index contributed by atoms with van der Waals surface area (Å²) >= 11 is 1.32. The molecule has 0 fully saturated rings. The number of allylic oxidation sites excluding steroid dienone is 3. The summed E-state index contributed by atoms with van der Waals surface area (Å²) in [6.45, 7) is 1.59. The Hall–Kier alpha value is -3.52. The smallest absolute Gasteiger partial charge is 0.234 e. The molecule has 0 saturated heterocycles. The van der Waals surface area contributed by atoms with Crippen LogP contribution in [0.4, 0.5) is 0 Å². The Morgan fingerprint density at radius 2 is 1.88 bits per heavy atom. The minimum Gasteiger partial charge on any atom is -0.328 e. The highest BCUT2D eigenvalue weighted by Gasteiger charge is 2.29. The van der Waals surface area contributed by atoms with Crippen LogP contribution < -0.4 is 5.32 Å². The second-order valence-corrected chi connectivity index (χ2v) is 9.37. The second kappa shape index (κ2) is 9.77. The van der Waals surface area contributed by atoms with Crippen LogP contribution in [0.25, 0.3) is 17.1 Å². The molecular weight excluding hydrogens is 446 g/mol. The van der Waals surface area contributed by atoms with Gasteiger partial charge in [-0.2, -0.15) is 0 Å². The molecule has 5 rings (SSSR count). The van der Waals surface area contributed by atoms with Crippen LogP contribution in [0.15, 0.2) is 82.4 Å². The van der Waals surface area contributed by atoms with Crippen LogP contribution in [0.2, 0.25) is 0 Å². The third-order valence-corrected chi connectivity index (χ3v) is 7.05. The van der Waals surface area contributed by atoms with Gasteiger partial charge >= 0.3 is 0 Å². The van der Waals surface area contributed by atoms with Crippen molar-refractivity contribution in [1.82, 2.24) is 25.1 Å². The molecule has 0 atom stereocenters. The first kappa shape index (κ1) is 22.3. The fourth-order valence-corrected chi connectivity index (χ4v) is 5.42. The van der Waals surface area contributed by atoms with Crippen molar-refractivity contribution in [3.8, 4) is 17.1 Å². The van der Waals surface area contributed by atoms with Gasteiger partial charge in [-0.3, -0.25) is 19.1 Å². The van der Waals surface area contributed by atoms with E-state index in [0.717, 1.165) is 53.8 Å². The van der Waals surface area contributed by atoms with Crippen LogP contribution in [0.5, 0.6) is 0 Å². The Balaban J connectivity index is 1.36. The van der Waals surface area contributed by atoms with E-state index in [2.05, 4.69) is 20.5 Å². The lowest BCUT2D eigenvalue weighted by molar-refractivity contribution is -0.117. The number of aromatic nitrogens is 4. The number of nitrogens with zero attached hydrogens (tertiary/aromatic N) is 4. The highest BCUT2D eigenvalue weighted by atomic mass is 32.2. The number of Topliss-reactive ketones (excluding diaryl/α,β-unsaturated/α-hetero) is 1. The molecule has 0 saturated carbocycles. The summed E-state index contributed by atoms with van der Waals surface area (Å²) in [6, 6.07) is 13.6. The number of rotatable bonds is 7. The molecule has 1 aromatic carbocycles. The van der Waals surface area contributed by atoms with Gasteiger partial charge in [-0.25, -0.2) is 0 Å². The standard InChI is InChI=1S/C26H25N5O2S/c1-17(32)24-21-12-6-5-8-18(21)14-22(24)28-23(33)16-34-26-30-29-25(19-9-7-13-27-15-19)31(26)20-10-3-2-4-11-20/h2-4,7,9-11,13,15H,5-6,8,12,14,16H2,1H3,(H,28,33). The van der Waals surface area contributed by atoms with Gasteiger partial charge in [0.05, 0.1) is 5.75 Å². The first-order chi connectivity index (χ1) is 16.6. The minimum atomic E-state index is -0.149. The van der Waals surface area contributed by atoms with Gasteiger partial charge < -0.3 is 5.32 Å². The summed E-state index contributed by atoms with van der Waals surface area (Å²) < 4.78 is 1.94. The molecule has 7 nitrogen and oxygen atoms in total. The first-order valence-electron chi connectivity index (χ1n) is 11.4. The Labute approximate surface area is 202 Å². The van der Waals surface area contributed by atoms with E-state index in [-0.39, 0.29) is 17.4 Å². The number of carbonyl (C=O) groups is 2. The molecule has 34 heavy (non-hydrogen) atoms. The van der Waals surface area contributed by atoms with Crippen molar-refractivity contribution in [3.05, 3.63) is 77.3 Å². The van der Waals surface area contributed by atoms with Gasteiger partial charge in [0.1, 0.15) is 0 Å². The van der Waals surface area contributed by atoms with Crippen molar-refractivity contribution < 1.29 is 9.59 Å². The van der Waals surface area contributed by atoms with E-state index >= 15 is 0 Å². The van der Waals surface area contributed by atoms with Gasteiger partial charge in [0.25, 0.3) is 0 Å². The lowest BCUT2D eigenvalue weighted by atomic mass is 9.90. The number of nitrogens with one attached hydrogen (secondary N) is 1. The van der Waals surface area contributed by atoms with Gasteiger partial charge in [0.15, 0.2) is 16.8 Å². The van der Waals surface area contributed by atoms with Crippen molar-refractivity contribution in [2.24, 2.45) is 0 Å². The number of thioether (sulfide) groups is 1. The van der Waals surface area contributed by atoms with Gasteiger partial charge in [-0.1, -0.05) is 35.5 Å². The Kier molecular flexibility index (Phi) is 6.40. The summed E-state index contributed by atoms with van der Waals surface area (Å²) in [5.74, 6) is 0.706. The Bertz CT molecular complexity index is 1300. The number of carbonyl (C=O) groups excluding carboxylic acids is 2. The van der Waals surface area contributed by atoms with Gasteiger partial charge in [-0.05, 0) is 62.4 Å². The van der Waals surface area contributed by atoms with E-state index in [1.165, 1.54) is 17.3 Å². The fourth-order valence-electron chi connectivity index (χ4n) is 4.67. The number of benzene rings is 1. The van der Waals surface area contributed by atoms with Crippen molar-refractivity contribution in [2.45, 2.75) is 44.2 Å². The van der Waals surface area contributed by atoms with E-state index in [0.29, 0.717) is 17.4 Å². The van der Waals surface area contributed by atoms with Crippen molar-refractivity contribution in [1.29, 1.82) is 0 Å². The number of amides is 1. The maximum atomic E-state index is 12.9. The molecule has 0 aliphatic heterocycles. The van der Waals surface area contributed by atoms with Crippen LogP contribution in [-0.2, 0) is 9.59 Å². The van der Waals surface area contributed by atoms with Gasteiger partial charge in [0.2, 0.25) is 5.91 Å². The molecule has 2 heterocycles. The zero-order valence-electron chi connectivity index (χ0n) is 19.0. The molecule has 0 spiro atoms. The average Bonchev–Trinajstić information content (AvgIpc) is 3.45. The summed E-state index contributed by atoms with van der Waals surface area (Å²) in [5.41, 5.74) is 5.69. The highest BCUT2D eigenvalue weighted by Crippen LogP contribution is 2.40. The van der Waals surface area contributed by atoms with E-state index in [1.807, 2.05) is 47.0 Å². The number of para-hydroxylation sites is 1. The average molecular weight is 472 g/mol. The summed E-state index contributed by atoms with van der Waals surface area (Å²) in [5, 5.41) is 12.4. The third kappa shape index (κ3) is 4.46. The Morgan fingerprint density at radius 1 is 1.06 bits per heavy atom. The molecule has 2 aliphatic carbocycles. The first-order valence-corrected chi connectivity index (χ1v) is 12.4. The molecule has 0 radical (unpaired) electrons. The fraction of sp³-hybridized carbons (Fsp3) is 0.269. The maximum Gasteiger partial charge on any atom is 0.234 e. The quantitative estimate of drug-likeness (QED) is 0.504. The monoisotopic (exact) mass is 471 g/mol. The van der Waals surface area contributed by atoms with E-state index in [9.17, 15) is 9.59 Å². The third-order valence-electron chi connectivity index (χ3n) is 6.12. The number of pyridine rings is 1. The SMILES string of the molecule is CC(=O)C1=C(NC(=O)CSc2nnc(-c3cccnc3)n2-c2ccccc2)CC2=C1CCCC2. The van der Waals surface area contributed by atoms with Crippen LogP contribution in [0.3, 0.4) is 0 Å². The van der Waals surface area contributed by atoms with E-state index < -0.39 is 0 Å². The normalized spacial score (nSPS) is 15.4. The molecule has 172 valence electrons. The predicted molar refractivity (Wildman–Crippen MR) is 131 cm³/mol. The Morgan fingerprint density at radius 3 is 2.65 bits per heavy atom. The zero-order valence-corrected chi connectivity index (χ0v) is 19.8. The lowest BCUT2D eigenvalue weighted by Gasteiger charge is -2.14. The van der Waals surface area contributed by atoms with Crippen LogP contribution in [-0.4, -0.2) is 37.2 Å². The second-order valence-electron chi connectivity index (χ2n) is 8.43. The van der Waals surface area contributed by atoms with Crippen LogP contribution in [0.1, 0.15) is 39.0 Å². The van der Waals surface area contributed by atoms with E-state index in [1.54, 1.807) is 19.3 Å². The summed E-state index contributed by atoms with van der Waals surface area (Å²) in [4.78, 5) is 29.4. The molecule has 2 aliphatic rings. The molecule has 0 bridgehead atoms. The van der Waals surface area contributed by atoms with E-state index in [4.69, 9.17) is 0 Å². The topological polar surface area (TPSA) is 89.8 Å². The summed E-state index contributed by atoms with van der Waals surface area (Å²) in [7, 11) is 0.